The number of hydrogen-bond donors (Lipinski definition) is 2. The Hall–Kier alpha value is -4.66. The molecule has 9 nitrogen and oxygen atoms in total. The van der Waals surface area contributed by atoms with Crippen LogP contribution in [0.1, 0.15) is 60.3 Å². The maximum absolute atomic E-state index is 13.4. The Balaban J connectivity index is 2.10. The van der Waals surface area contributed by atoms with Crippen LogP contribution in [0.15, 0.2) is 69.6 Å². The third-order valence-corrected chi connectivity index (χ3v) is 6.63. The first kappa shape index (κ1) is 30.9. The Morgan fingerprint density at radius 3 is 2.15 bits per heavy atom. The molecular weight excluding hydrogens is 522 g/mol. The van der Waals surface area contributed by atoms with E-state index in [1.165, 1.54) is 28.2 Å². The van der Waals surface area contributed by atoms with Crippen molar-refractivity contribution in [3.63, 3.8) is 0 Å². The summed E-state index contributed by atoms with van der Waals surface area (Å²) in [6, 6.07) is 12.4. The molecule has 41 heavy (non-hydrogen) atoms. The zero-order chi connectivity index (χ0) is 30.1. The van der Waals surface area contributed by atoms with Gasteiger partial charge in [0.2, 0.25) is 5.90 Å². The second kappa shape index (κ2) is 14.1. The normalized spacial score (nSPS) is 11.8. The number of nitrogens with one attached hydrogen (secondary N) is 1. The van der Waals surface area contributed by atoms with E-state index >= 15 is 0 Å². The molecule has 0 radical (unpaired) electrons. The van der Waals surface area contributed by atoms with Crippen LogP contribution in [-0.2, 0) is 11.2 Å². The number of benzene rings is 2. The molecule has 0 aliphatic rings. The largest absolute Gasteiger partial charge is 0.506 e. The van der Waals surface area contributed by atoms with E-state index in [1.54, 1.807) is 43.4 Å². The highest BCUT2D eigenvalue weighted by molar-refractivity contribution is 6.11. The van der Waals surface area contributed by atoms with Gasteiger partial charge in [-0.05, 0) is 31.9 Å². The first-order valence-corrected chi connectivity index (χ1v) is 13.3. The number of ketones is 1. The van der Waals surface area contributed by atoms with Crippen LogP contribution in [0.2, 0.25) is 0 Å². The smallest absolute Gasteiger partial charge is 0.264 e. The van der Waals surface area contributed by atoms with E-state index < -0.39 is 5.56 Å². The van der Waals surface area contributed by atoms with Crippen LogP contribution in [0.5, 0.6) is 17.2 Å². The van der Waals surface area contributed by atoms with Crippen molar-refractivity contribution in [1.29, 1.82) is 0 Å². The molecule has 0 saturated heterocycles. The van der Waals surface area contributed by atoms with Gasteiger partial charge in [0.05, 0.1) is 25.3 Å². The molecule has 0 unspecified atom stereocenters. The van der Waals surface area contributed by atoms with E-state index in [2.05, 4.69) is 21.5 Å². The number of Topliss-reactive ketones (excluding diaryl/α,β-unsaturated/α-hetero) is 1. The topological polar surface area (TPSA) is 123 Å². The summed E-state index contributed by atoms with van der Waals surface area (Å²) < 4.78 is 17.2. The molecule has 2 aromatic carbocycles. The number of methoxy groups -OCH3 is 2. The number of carbonyl (C=O) groups excluding carboxylic acids is 1. The maximum Gasteiger partial charge on any atom is 0.264 e. The molecule has 9 heteroatoms. The Bertz CT molecular complexity index is 1530. The van der Waals surface area contributed by atoms with Gasteiger partial charge in [-0.15, -0.1) is 0 Å². The molecule has 1 aromatic heterocycles. The number of aromatic nitrogens is 1. The predicted octanol–water partition coefficient (Wildman–Crippen LogP) is 5.73. The molecule has 216 valence electrons. The lowest BCUT2D eigenvalue weighted by molar-refractivity contribution is 0.101. The van der Waals surface area contributed by atoms with Gasteiger partial charge in [-0.25, -0.2) is 0 Å². The lowest BCUT2D eigenvalue weighted by atomic mass is 9.95. The van der Waals surface area contributed by atoms with Crippen LogP contribution in [-0.4, -0.2) is 55.8 Å². The van der Waals surface area contributed by atoms with Crippen molar-refractivity contribution in [2.24, 2.45) is 9.98 Å². The lowest BCUT2D eigenvalue weighted by Crippen LogP contribution is -2.23. The highest BCUT2D eigenvalue weighted by Crippen LogP contribution is 2.45. The Morgan fingerprint density at radius 1 is 0.976 bits per heavy atom. The summed E-state index contributed by atoms with van der Waals surface area (Å²) >= 11 is 0. The first-order valence-electron chi connectivity index (χ1n) is 13.3. The molecule has 1 heterocycles. The number of pyridine rings is 1. The zero-order valence-electron chi connectivity index (χ0n) is 24.5. The average Bonchev–Trinajstić information content (AvgIpc) is 2.97. The van der Waals surface area contributed by atoms with Crippen LogP contribution in [0, 0.1) is 0 Å². The Morgan fingerprint density at radius 2 is 1.61 bits per heavy atom. The summed E-state index contributed by atoms with van der Waals surface area (Å²) in [7, 11) is 6.12. The van der Waals surface area contributed by atoms with E-state index in [1.807, 2.05) is 13.0 Å². The molecule has 0 aliphatic carbocycles. The minimum atomic E-state index is -0.564. The molecule has 3 aromatic rings. The van der Waals surface area contributed by atoms with Crippen molar-refractivity contribution in [1.82, 2.24) is 4.98 Å². The Labute approximate surface area is 240 Å². The lowest BCUT2D eigenvalue weighted by Gasteiger charge is -2.20. The molecule has 0 bridgehead atoms. The van der Waals surface area contributed by atoms with Gasteiger partial charge in [-0.1, -0.05) is 50.3 Å². The first-order chi connectivity index (χ1) is 19.7. The second-order valence-electron chi connectivity index (χ2n) is 9.29. The summed E-state index contributed by atoms with van der Waals surface area (Å²) in [5.74, 6) is 0.605. The fraction of sp³-hybridized carbons (Fsp3) is 0.312. The van der Waals surface area contributed by atoms with Gasteiger partial charge in [-0.2, -0.15) is 0 Å². The molecule has 0 fully saturated rings. The van der Waals surface area contributed by atoms with Gasteiger partial charge in [0.25, 0.3) is 5.56 Å². The quantitative estimate of drug-likeness (QED) is 0.127. The van der Waals surface area contributed by atoms with Crippen molar-refractivity contribution in [2.75, 3.05) is 28.3 Å². The number of hydrogen-bond acceptors (Lipinski definition) is 8. The van der Waals surface area contributed by atoms with Crippen molar-refractivity contribution >= 4 is 17.4 Å². The molecule has 3 rings (SSSR count). The highest BCUT2D eigenvalue weighted by atomic mass is 16.5. The monoisotopic (exact) mass is 559 g/mol. The van der Waals surface area contributed by atoms with E-state index in [0.29, 0.717) is 51.6 Å². The van der Waals surface area contributed by atoms with Crippen molar-refractivity contribution in [2.45, 2.75) is 39.5 Å². The van der Waals surface area contributed by atoms with Crippen molar-refractivity contribution in [3.05, 3.63) is 87.5 Å². The van der Waals surface area contributed by atoms with Crippen LogP contribution >= 0.6 is 0 Å². The molecular formula is C32H37N3O6. The number of nitrogens with zero attached hydrogens (tertiary/aromatic N) is 2. The van der Waals surface area contributed by atoms with Crippen LogP contribution in [0.25, 0.3) is 11.1 Å². The fourth-order valence-corrected chi connectivity index (χ4v) is 4.65. The SMILES string of the molecule is C=C(CC(=NC)c1ccccc1C(C)=O)OC(=NC)c1c(O)c(-c2c(OC)cccc2OC)c(CCCC)[nH]c1=O. The van der Waals surface area contributed by atoms with Gasteiger partial charge < -0.3 is 24.3 Å². The van der Waals surface area contributed by atoms with Gasteiger partial charge in [0, 0.05) is 43.0 Å². The van der Waals surface area contributed by atoms with Gasteiger partial charge >= 0.3 is 0 Å². The number of aryl methyl sites for hydroxylation is 1. The van der Waals surface area contributed by atoms with Gasteiger partial charge in [0.1, 0.15) is 28.6 Å². The van der Waals surface area contributed by atoms with Crippen LogP contribution in [0.3, 0.4) is 0 Å². The summed E-state index contributed by atoms with van der Waals surface area (Å²) in [5.41, 5.74) is 2.44. The van der Waals surface area contributed by atoms with Crippen LogP contribution < -0.4 is 15.0 Å². The molecule has 0 amide bonds. The predicted molar refractivity (Wildman–Crippen MR) is 162 cm³/mol. The molecule has 0 saturated carbocycles. The number of aliphatic imine (C=N–C) groups is 2. The second-order valence-corrected chi connectivity index (χ2v) is 9.29. The van der Waals surface area contributed by atoms with E-state index in [0.717, 1.165) is 12.8 Å². The van der Waals surface area contributed by atoms with E-state index in [-0.39, 0.29) is 35.2 Å². The maximum atomic E-state index is 13.4. The summed E-state index contributed by atoms with van der Waals surface area (Å²) in [6.07, 6.45) is 2.31. The third kappa shape index (κ3) is 6.74. The number of aromatic amines is 1. The number of carbonyl (C=O) groups is 1. The number of rotatable bonds is 12. The van der Waals surface area contributed by atoms with Crippen molar-refractivity contribution in [3.8, 4) is 28.4 Å². The van der Waals surface area contributed by atoms with Crippen LogP contribution in [0.4, 0.5) is 0 Å². The van der Waals surface area contributed by atoms with Gasteiger partial charge in [0.15, 0.2) is 5.78 Å². The number of H-pyrrole nitrogens is 1. The number of allylic oxidation sites excluding steroid dienone is 1. The number of unbranched alkanes of at least 4 members (excludes halogenated alkanes) is 1. The minimum absolute atomic E-state index is 0.0944. The van der Waals surface area contributed by atoms with E-state index in [4.69, 9.17) is 14.2 Å². The van der Waals surface area contributed by atoms with Gasteiger partial charge in [-0.3, -0.25) is 19.6 Å². The van der Waals surface area contributed by atoms with E-state index in [9.17, 15) is 14.7 Å². The third-order valence-electron chi connectivity index (χ3n) is 6.63. The summed E-state index contributed by atoms with van der Waals surface area (Å²) in [5, 5.41) is 11.7. The molecule has 0 atom stereocenters. The summed E-state index contributed by atoms with van der Waals surface area (Å²) in [6.45, 7) is 7.54. The average molecular weight is 560 g/mol. The minimum Gasteiger partial charge on any atom is -0.506 e. The van der Waals surface area contributed by atoms with Crippen molar-refractivity contribution < 1.29 is 24.1 Å². The molecule has 0 spiro atoms. The fourth-order valence-electron chi connectivity index (χ4n) is 4.65. The highest BCUT2D eigenvalue weighted by Gasteiger charge is 2.27. The number of aromatic hydroxyl groups is 1. The Kier molecular flexibility index (Phi) is 10.6. The number of ether oxygens (including phenoxy) is 3. The molecule has 2 N–H and O–H groups in total. The molecule has 0 aliphatic heterocycles. The standard InChI is InChI=1S/C32H37N3O6/c1-8-9-15-23-27(28-25(39-6)16-12-17-26(28)40-7)30(37)29(31(38)35-23)32(34-5)41-19(2)18-24(33-4)22-14-11-10-13-21(22)20(3)36/h10-14,16-17H,2,8-9,15,18H2,1,3-7H3,(H2,35,37,38). The zero-order valence-corrected chi connectivity index (χ0v) is 24.5. The summed E-state index contributed by atoms with van der Waals surface area (Å²) in [4.78, 5) is 37.0.